The Hall–Kier alpha value is -4.13. The summed E-state index contributed by atoms with van der Waals surface area (Å²) in [6.45, 7) is 5.74. The first-order valence-electron chi connectivity index (χ1n) is 14.1. The largest absolute Gasteiger partial charge is 0.473 e. The van der Waals surface area contributed by atoms with E-state index in [0.717, 1.165) is 74.6 Å². The topological polar surface area (TPSA) is 93.3 Å². The first kappa shape index (κ1) is 27.1. The number of nitriles is 1. The normalized spacial score (nSPS) is 17.7. The second-order valence-corrected chi connectivity index (χ2v) is 10.8. The molecule has 4 heterocycles. The third-order valence-corrected chi connectivity index (χ3v) is 8.09. The number of nitrogens with zero attached hydrogens (tertiary/aromatic N) is 5. The van der Waals surface area contributed by atoms with Crippen molar-refractivity contribution < 1.29 is 18.7 Å². The molecule has 2 aromatic heterocycles. The Kier molecular flexibility index (Phi) is 7.77. The number of hydrogen-bond acceptors (Lipinski definition) is 7. The van der Waals surface area contributed by atoms with E-state index >= 15 is 0 Å². The first-order valence-corrected chi connectivity index (χ1v) is 14.1. The minimum Gasteiger partial charge on any atom is -0.473 e. The van der Waals surface area contributed by atoms with E-state index in [1.807, 2.05) is 36.4 Å². The Labute approximate surface area is 238 Å². The monoisotopic (exact) mass is 553 g/mol. The van der Waals surface area contributed by atoms with Crippen LogP contribution in [0.4, 0.5) is 4.39 Å². The molecule has 0 spiro atoms. The predicted octanol–water partition coefficient (Wildman–Crippen LogP) is 5.39. The first-order chi connectivity index (χ1) is 20.0. The Morgan fingerprint density at radius 1 is 1.12 bits per heavy atom. The van der Waals surface area contributed by atoms with E-state index in [0.29, 0.717) is 22.9 Å². The van der Waals surface area contributed by atoms with Gasteiger partial charge in [-0.15, -0.1) is 0 Å². The molecule has 2 aromatic carbocycles. The number of carbonyl (C=O) groups excluding carboxylic acids is 1. The van der Waals surface area contributed by atoms with Gasteiger partial charge in [-0.2, -0.15) is 5.26 Å². The third kappa shape index (κ3) is 5.99. The highest BCUT2D eigenvalue weighted by Gasteiger charge is 2.26. The summed E-state index contributed by atoms with van der Waals surface area (Å²) in [4.78, 5) is 24.1. The lowest BCUT2D eigenvalue weighted by Crippen LogP contribution is -2.35. The summed E-state index contributed by atoms with van der Waals surface area (Å²) in [5.41, 5.74) is 4.23. The predicted molar refractivity (Wildman–Crippen MR) is 151 cm³/mol. The molecule has 0 radical (unpaired) electrons. The van der Waals surface area contributed by atoms with Crippen LogP contribution in [-0.4, -0.2) is 51.0 Å². The summed E-state index contributed by atoms with van der Waals surface area (Å²) >= 11 is 0. The summed E-state index contributed by atoms with van der Waals surface area (Å²) < 4.78 is 28.0. The number of piperidine rings is 1. The van der Waals surface area contributed by atoms with Crippen molar-refractivity contribution in [3.8, 4) is 11.9 Å². The van der Waals surface area contributed by atoms with Crippen LogP contribution in [0.15, 0.2) is 54.6 Å². The van der Waals surface area contributed by atoms with Gasteiger partial charge in [0.1, 0.15) is 18.2 Å². The summed E-state index contributed by atoms with van der Waals surface area (Å²) in [5, 5.41) is 8.94. The van der Waals surface area contributed by atoms with Crippen LogP contribution in [0.5, 0.6) is 5.88 Å². The van der Waals surface area contributed by atoms with Crippen molar-refractivity contribution in [2.45, 2.75) is 57.9 Å². The summed E-state index contributed by atoms with van der Waals surface area (Å²) in [6.07, 6.45) is 3.14. The van der Waals surface area contributed by atoms with Gasteiger partial charge in [-0.1, -0.05) is 12.1 Å². The van der Waals surface area contributed by atoms with Gasteiger partial charge in [-0.05, 0) is 75.7 Å². The van der Waals surface area contributed by atoms with Crippen molar-refractivity contribution in [3.05, 3.63) is 88.6 Å². The van der Waals surface area contributed by atoms with Gasteiger partial charge in [0.25, 0.3) is 0 Å². The zero-order chi connectivity index (χ0) is 28.3. The quantitative estimate of drug-likeness (QED) is 0.257. The van der Waals surface area contributed by atoms with Crippen LogP contribution < -0.4 is 4.74 Å². The zero-order valence-corrected chi connectivity index (χ0v) is 23.1. The second-order valence-electron chi connectivity index (χ2n) is 10.8. The number of carbonyl (C=O) groups is 1. The van der Waals surface area contributed by atoms with E-state index in [1.54, 1.807) is 25.1 Å². The molecule has 0 saturated carbocycles. The molecule has 0 unspecified atom stereocenters. The van der Waals surface area contributed by atoms with Crippen molar-refractivity contribution >= 4 is 16.8 Å². The van der Waals surface area contributed by atoms with E-state index < -0.39 is 5.82 Å². The van der Waals surface area contributed by atoms with Gasteiger partial charge in [0.15, 0.2) is 5.78 Å². The van der Waals surface area contributed by atoms with Crippen LogP contribution in [0.2, 0.25) is 0 Å². The molecule has 0 bridgehead atoms. The summed E-state index contributed by atoms with van der Waals surface area (Å²) in [5.74, 6) is 1.36. The van der Waals surface area contributed by atoms with E-state index in [1.165, 1.54) is 6.07 Å². The molecule has 0 N–H and O–H groups in total. The highest BCUT2D eigenvalue weighted by Crippen LogP contribution is 2.30. The van der Waals surface area contributed by atoms with Crippen LogP contribution in [0.1, 0.15) is 65.1 Å². The highest BCUT2D eigenvalue weighted by molar-refractivity contribution is 5.97. The Morgan fingerprint density at radius 3 is 2.66 bits per heavy atom. The number of Topliss-reactive ketones (excluding diaryl/α,β-unsaturated/α-hetero) is 1. The third-order valence-electron chi connectivity index (χ3n) is 8.09. The van der Waals surface area contributed by atoms with Crippen LogP contribution >= 0.6 is 0 Å². The maximum atomic E-state index is 14.2. The number of aromatic nitrogens is 3. The van der Waals surface area contributed by atoms with Crippen LogP contribution in [0.3, 0.4) is 0 Å². The van der Waals surface area contributed by atoms with Crippen molar-refractivity contribution in [2.24, 2.45) is 0 Å². The molecule has 9 heteroatoms. The lowest BCUT2D eigenvalue weighted by atomic mass is 9.93. The van der Waals surface area contributed by atoms with Gasteiger partial charge >= 0.3 is 0 Å². The molecule has 0 aliphatic carbocycles. The molecule has 41 heavy (non-hydrogen) atoms. The fourth-order valence-corrected chi connectivity index (χ4v) is 5.56. The number of ether oxygens (including phenoxy) is 2. The van der Waals surface area contributed by atoms with Gasteiger partial charge in [-0.3, -0.25) is 9.69 Å². The number of pyridine rings is 1. The van der Waals surface area contributed by atoms with Crippen molar-refractivity contribution in [2.75, 3.05) is 19.7 Å². The Morgan fingerprint density at radius 2 is 1.95 bits per heavy atom. The molecule has 8 nitrogen and oxygen atoms in total. The smallest absolute Gasteiger partial charge is 0.213 e. The van der Waals surface area contributed by atoms with E-state index in [9.17, 15) is 9.18 Å². The zero-order valence-electron chi connectivity index (χ0n) is 23.1. The van der Waals surface area contributed by atoms with Gasteiger partial charge < -0.3 is 14.0 Å². The lowest BCUT2D eigenvalue weighted by molar-refractivity contribution is -0.0592. The minimum atomic E-state index is -0.458. The number of imidazole rings is 1. The molecule has 2 aliphatic heterocycles. The number of hydrogen-bond donors (Lipinski definition) is 0. The molecular formula is C32H32FN5O3. The number of rotatable bonds is 9. The molecular weight excluding hydrogens is 521 g/mol. The van der Waals surface area contributed by atoms with E-state index in [4.69, 9.17) is 24.7 Å². The lowest BCUT2D eigenvalue weighted by Gasteiger charge is -2.32. The molecule has 0 amide bonds. The summed E-state index contributed by atoms with van der Waals surface area (Å²) in [6, 6.07) is 17.8. The Bertz CT molecular complexity index is 1620. The number of fused-ring (bicyclic) bond motifs is 1. The van der Waals surface area contributed by atoms with Crippen LogP contribution in [0, 0.1) is 17.1 Å². The number of likely N-dealkylation sites (tertiary alicyclic amines) is 1. The molecule has 4 aromatic rings. The highest BCUT2D eigenvalue weighted by atomic mass is 19.1. The molecule has 1 atom stereocenters. The van der Waals surface area contributed by atoms with Crippen molar-refractivity contribution in [1.82, 2.24) is 19.4 Å². The Balaban J connectivity index is 1.10. The fourth-order valence-electron chi connectivity index (χ4n) is 5.56. The van der Waals surface area contributed by atoms with Crippen LogP contribution in [-0.2, 0) is 24.4 Å². The molecule has 6 rings (SSSR count). The van der Waals surface area contributed by atoms with Gasteiger partial charge in [0.2, 0.25) is 5.88 Å². The summed E-state index contributed by atoms with van der Waals surface area (Å²) in [7, 11) is 0. The SMILES string of the molecule is CC(=O)c1ccc2nc(CN3CCC(c4cccc(OCc5ccc(C#N)cc5F)n4)CC3)n(C[C@@H]3CCO3)c2c1. The van der Waals surface area contributed by atoms with Crippen LogP contribution in [0.25, 0.3) is 11.0 Å². The van der Waals surface area contributed by atoms with Crippen molar-refractivity contribution in [1.29, 1.82) is 5.26 Å². The number of ketones is 1. The number of halogens is 1. The molecule has 2 aliphatic rings. The van der Waals surface area contributed by atoms with Gasteiger partial charge in [-0.25, -0.2) is 14.4 Å². The maximum Gasteiger partial charge on any atom is 0.213 e. The van der Waals surface area contributed by atoms with Crippen molar-refractivity contribution in [3.63, 3.8) is 0 Å². The average molecular weight is 554 g/mol. The minimum absolute atomic E-state index is 0.0488. The van der Waals surface area contributed by atoms with Gasteiger partial charge in [0, 0.05) is 35.4 Å². The molecule has 2 saturated heterocycles. The van der Waals surface area contributed by atoms with E-state index in [-0.39, 0.29) is 24.1 Å². The number of benzene rings is 2. The average Bonchev–Trinajstić information content (AvgIpc) is 3.30. The second kappa shape index (κ2) is 11.8. The maximum absolute atomic E-state index is 14.2. The van der Waals surface area contributed by atoms with E-state index in [2.05, 4.69) is 9.47 Å². The standard InChI is InChI=1S/C32H32FN5O3/c1-21(39)24-7-8-29-30(16-24)38(18-26-11-14-40-26)31(35-29)19-37-12-9-23(10-13-37)28-3-2-4-32(36-28)41-20-25-6-5-22(17-34)15-27(25)33/h2-8,15-16,23,26H,9-14,18-20H2,1H3/t26-/m0/s1. The molecule has 2 fully saturated rings. The fraction of sp³-hybridized carbons (Fsp3) is 0.375. The molecule has 210 valence electrons. The van der Waals surface area contributed by atoms with Gasteiger partial charge in [0.05, 0.1) is 41.9 Å².